The highest BCUT2D eigenvalue weighted by atomic mass is 16.2. The molecule has 0 aromatic carbocycles. The van der Waals surface area contributed by atoms with Crippen molar-refractivity contribution in [3.8, 4) is 0 Å². The van der Waals surface area contributed by atoms with Crippen LogP contribution in [0.3, 0.4) is 0 Å². The number of hydrogen-bond donors (Lipinski definition) is 2. The maximum Gasteiger partial charge on any atom is 0.325 e. The van der Waals surface area contributed by atoms with Crippen LogP contribution in [0, 0.1) is 11.3 Å². The molecule has 29 heavy (non-hydrogen) atoms. The van der Waals surface area contributed by atoms with E-state index in [0.717, 1.165) is 43.4 Å². The third-order valence-corrected chi connectivity index (χ3v) is 7.56. The number of nitrogens with one attached hydrogen (secondary N) is 2. The first-order chi connectivity index (χ1) is 13.8. The fourth-order valence-electron chi connectivity index (χ4n) is 5.03. The second-order valence-electron chi connectivity index (χ2n) is 9.73. The number of rotatable bonds is 7. The van der Waals surface area contributed by atoms with Crippen molar-refractivity contribution in [2.45, 2.75) is 90.5 Å². The van der Waals surface area contributed by atoms with Crippen molar-refractivity contribution < 1.29 is 14.4 Å². The summed E-state index contributed by atoms with van der Waals surface area (Å²) in [7, 11) is 0. The van der Waals surface area contributed by atoms with Crippen LogP contribution in [-0.2, 0) is 9.59 Å². The summed E-state index contributed by atoms with van der Waals surface area (Å²) in [6, 6.07) is -0.423. The van der Waals surface area contributed by atoms with Gasteiger partial charge in [-0.3, -0.25) is 14.5 Å². The molecule has 1 spiro atoms. The molecule has 2 aliphatic carbocycles. The molecule has 2 N–H and O–H groups in total. The molecule has 1 saturated carbocycles. The van der Waals surface area contributed by atoms with Gasteiger partial charge in [0, 0.05) is 6.54 Å². The van der Waals surface area contributed by atoms with Crippen LogP contribution < -0.4 is 10.6 Å². The van der Waals surface area contributed by atoms with Gasteiger partial charge in [0.25, 0.3) is 5.91 Å². The number of nitrogens with zero attached hydrogens (tertiary/aromatic N) is 1. The Labute approximate surface area is 174 Å². The Morgan fingerprint density at radius 3 is 2.62 bits per heavy atom. The van der Waals surface area contributed by atoms with Crippen molar-refractivity contribution >= 4 is 17.8 Å². The topological polar surface area (TPSA) is 78.5 Å². The summed E-state index contributed by atoms with van der Waals surface area (Å²) in [6.45, 7) is 7.15. The van der Waals surface area contributed by atoms with E-state index in [1.54, 1.807) is 0 Å². The van der Waals surface area contributed by atoms with Gasteiger partial charge < -0.3 is 10.6 Å². The minimum Gasteiger partial charge on any atom is -0.354 e. The van der Waals surface area contributed by atoms with Crippen LogP contribution in [0.5, 0.6) is 0 Å². The monoisotopic (exact) mass is 403 g/mol. The van der Waals surface area contributed by atoms with Gasteiger partial charge in [-0.05, 0) is 69.1 Å². The second-order valence-corrected chi connectivity index (χ2v) is 9.73. The predicted molar refractivity (Wildman–Crippen MR) is 113 cm³/mol. The molecular formula is C23H37N3O3. The van der Waals surface area contributed by atoms with E-state index in [4.69, 9.17) is 0 Å². The Bertz CT molecular complexity index is 675. The Morgan fingerprint density at radius 2 is 2.00 bits per heavy atom. The first-order valence-electron chi connectivity index (χ1n) is 11.4. The molecule has 6 heteroatoms. The van der Waals surface area contributed by atoms with Crippen molar-refractivity contribution in [3.05, 3.63) is 11.6 Å². The van der Waals surface area contributed by atoms with Gasteiger partial charge in [-0.1, -0.05) is 38.8 Å². The van der Waals surface area contributed by atoms with E-state index in [2.05, 4.69) is 37.5 Å². The number of amides is 4. The molecule has 3 rings (SSSR count). The highest BCUT2D eigenvalue weighted by Crippen LogP contribution is 2.45. The molecule has 0 aromatic rings. The maximum absolute atomic E-state index is 13.0. The van der Waals surface area contributed by atoms with E-state index in [-0.39, 0.29) is 23.8 Å². The fraction of sp³-hybridized carbons (Fsp3) is 0.783. The number of imide groups is 1. The summed E-state index contributed by atoms with van der Waals surface area (Å²) in [5.74, 6) is 0.0809. The number of carbonyl (C=O) groups is 3. The standard InChI is InChI=1S/C23H37N3O3/c1-4-22(2,3)18-10-13-23(14-11-18)20(28)26(21(29)25-23)16-19(27)24-15-12-17-8-6-5-7-9-17/h8,18H,4-7,9-16H2,1-3H3,(H,24,27)(H,25,29). The number of carbonyl (C=O) groups excluding carboxylic acids is 3. The zero-order chi connectivity index (χ0) is 21.1. The molecule has 0 aromatic heterocycles. The molecule has 1 saturated heterocycles. The Balaban J connectivity index is 1.50. The second kappa shape index (κ2) is 8.88. The third-order valence-electron chi connectivity index (χ3n) is 7.56. The molecule has 1 heterocycles. The van der Waals surface area contributed by atoms with Crippen LogP contribution in [0.4, 0.5) is 4.79 Å². The number of urea groups is 1. The maximum atomic E-state index is 13.0. The van der Waals surface area contributed by atoms with E-state index in [9.17, 15) is 14.4 Å². The number of allylic oxidation sites excluding steroid dienone is 1. The Kier molecular flexibility index (Phi) is 6.69. The zero-order valence-electron chi connectivity index (χ0n) is 18.3. The normalized spacial score (nSPS) is 27.8. The zero-order valence-corrected chi connectivity index (χ0v) is 18.3. The predicted octanol–water partition coefficient (Wildman–Crippen LogP) is 3.91. The Hall–Kier alpha value is -1.85. The van der Waals surface area contributed by atoms with Crippen molar-refractivity contribution in [2.75, 3.05) is 13.1 Å². The van der Waals surface area contributed by atoms with Gasteiger partial charge in [-0.25, -0.2) is 4.79 Å². The van der Waals surface area contributed by atoms with Gasteiger partial charge in [-0.15, -0.1) is 0 Å². The van der Waals surface area contributed by atoms with E-state index in [1.165, 1.54) is 18.4 Å². The first kappa shape index (κ1) is 21.8. The lowest BCUT2D eigenvalue weighted by molar-refractivity contribution is -0.136. The molecule has 6 nitrogen and oxygen atoms in total. The smallest absolute Gasteiger partial charge is 0.325 e. The van der Waals surface area contributed by atoms with Crippen molar-refractivity contribution in [1.29, 1.82) is 0 Å². The third kappa shape index (κ3) is 4.84. The summed E-state index contributed by atoms with van der Waals surface area (Å²) in [5, 5.41) is 5.79. The molecule has 162 valence electrons. The molecule has 3 aliphatic rings. The summed E-state index contributed by atoms with van der Waals surface area (Å²) in [6.07, 6.45) is 12.1. The molecule has 0 atom stereocenters. The van der Waals surface area contributed by atoms with Crippen LogP contribution in [0.25, 0.3) is 0 Å². The van der Waals surface area contributed by atoms with E-state index >= 15 is 0 Å². The minimum absolute atomic E-state index is 0.185. The summed E-state index contributed by atoms with van der Waals surface area (Å²) in [4.78, 5) is 38.9. The first-order valence-corrected chi connectivity index (χ1v) is 11.4. The van der Waals surface area contributed by atoms with Crippen LogP contribution in [-0.4, -0.2) is 41.4 Å². The van der Waals surface area contributed by atoms with Gasteiger partial charge in [0.05, 0.1) is 0 Å². The average Bonchev–Trinajstić information content (AvgIpc) is 2.93. The lowest BCUT2D eigenvalue weighted by Crippen LogP contribution is -2.51. The molecule has 0 radical (unpaired) electrons. The summed E-state index contributed by atoms with van der Waals surface area (Å²) in [5.41, 5.74) is 0.850. The molecule has 2 fully saturated rings. The largest absolute Gasteiger partial charge is 0.354 e. The average molecular weight is 404 g/mol. The highest BCUT2D eigenvalue weighted by molar-refractivity contribution is 6.09. The SMILES string of the molecule is CCC(C)(C)C1CCC2(CC1)NC(=O)N(CC(=O)NCCC1=CCCCC1)C2=O. The lowest BCUT2D eigenvalue weighted by atomic mass is 9.65. The van der Waals surface area contributed by atoms with Crippen molar-refractivity contribution in [2.24, 2.45) is 11.3 Å². The molecule has 0 bridgehead atoms. The summed E-state index contributed by atoms with van der Waals surface area (Å²) >= 11 is 0. The van der Waals surface area contributed by atoms with E-state index < -0.39 is 11.6 Å². The van der Waals surface area contributed by atoms with E-state index in [1.807, 2.05) is 0 Å². The summed E-state index contributed by atoms with van der Waals surface area (Å²) < 4.78 is 0. The lowest BCUT2D eigenvalue weighted by Gasteiger charge is -2.42. The molecular weight excluding hydrogens is 366 g/mol. The van der Waals surface area contributed by atoms with Crippen LogP contribution in [0.1, 0.15) is 85.0 Å². The number of hydrogen-bond acceptors (Lipinski definition) is 3. The van der Waals surface area contributed by atoms with Crippen molar-refractivity contribution in [1.82, 2.24) is 15.5 Å². The minimum atomic E-state index is -0.801. The van der Waals surface area contributed by atoms with Gasteiger partial charge in [0.2, 0.25) is 5.91 Å². The quantitative estimate of drug-likeness (QED) is 0.500. The molecule has 1 aliphatic heterocycles. The fourth-order valence-corrected chi connectivity index (χ4v) is 5.03. The van der Waals surface area contributed by atoms with Crippen LogP contribution in [0.15, 0.2) is 11.6 Å². The van der Waals surface area contributed by atoms with Crippen LogP contribution in [0.2, 0.25) is 0 Å². The Morgan fingerprint density at radius 1 is 1.28 bits per heavy atom. The van der Waals surface area contributed by atoms with Gasteiger partial charge in [0.15, 0.2) is 0 Å². The highest BCUT2D eigenvalue weighted by Gasteiger charge is 2.53. The van der Waals surface area contributed by atoms with Gasteiger partial charge >= 0.3 is 6.03 Å². The van der Waals surface area contributed by atoms with Gasteiger partial charge in [-0.2, -0.15) is 0 Å². The van der Waals surface area contributed by atoms with Crippen LogP contribution >= 0.6 is 0 Å². The molecule has 4 amide bonds. The molecule has 0 unspecified atom stereocenters. The van der Waals surface area contributed by atoms with Crippen molar-refractivity contribution in [3.63, 3.8) is 0 Å². The van der Waals surface area contributed by atoms with E-state index in [0.29, 0.717) is 25.3 Å². The van der Waals surface area contributed by atoms with Gasteiger partial charge in [0.1, 0.15) is 12.1 Å².